The summed E-state index contributed by atoms with van der Waals surface area (Å²) in [6, 6.07) is 8.17. The zero-order valence-electron chi connectivity index (χ0n) is 10.5. The van der Waals surface area contributed by atoms with Crippen molar-refractivity contribution >= 4 is 0 Å². The van der Waals surface area contributed by atoms with Crippen LogP contribution in [0.1, 0.15) is 24.0 Å². The molecule has 1 fully saturated rings. The van der Waals surface area contributed by atoms with Crippen molar-refractivity contribution in [1.29, 1.82) is 0 Å². The van der Waals surface area contributed by atoms with Crippen molar-refractivity contribution < 1.29 is 13.2 Å². The highest BCUT2D eigenvalue weighted by atomic mass is 19.4. The second-order valence-electron chi connectivity index (χ2n) is 5.08. The number of piperidine rings is 1. The summed E-state index contributed by atoms with van der Waals surface area (Å²) in [4.78, 5) is 2.10. The third kappa shape index (κ3) is 3.48. The number of halogens is 3. The molecule has 18 heavy (non-hydrogen) atoms. The van der Waals surface area contributed by atoms with E-state index in [0.717, 1.165) is 6.54 Å². The Hall–Kier alpha value is -1.03. The molecule has 0 amide bonds. The number of nitrogens with zero attached hydrogens (tertiary/aromatic N) is 1. The van der Waals surface area contributed by atoms with Crippen molar-refractivity contribution in [3.63, 3.8) is 0 Å². The molecule has 1 saturated heterocycles. The normalized spacial score (nSPS) is 19.1. The van der Waals surface area contributed by atoms with Crippen LogP contribution in [0.3, 0.4) is 0 Å². The van der Waals surface area contributed by atoms with Crippen LogP contribution in [-0.4, -0.2) is 24.2 Å². The Labute approximate surface area is 106 Å². The minimum absolute atomic E-state index is 0.232. The fourth-order valence-electron chi connectivity index (χ4n) is 2.37. The van der Waals surface area contributed by atoms with E-state index in [-0.39, 0.29) is 12.8 Å². The van der Waals surface area contributed by atoms with Crippen molar-refractivity contribution in [2.75, 3.05) is 13.1 Å². The van der Waals surface area contributed by atoms with E-state index in [1.54, 1.807) is 0 Å². The molecule has 0 unspecified atom stereocenters. The molecule has 4 heteroatoms. The lowest BCUT2D eigenvalue weighted by atomic mass is 9.96. The SMILES string of the molecule is Cc1ccc(CN2CCC(C(F)(F)F)CC2)cc1. The predicted molar refractivity (Wildman–Crippen MR) is 65.2 cm³/mol. The average molecular weight is 257 g/mol. The van der Waals surface area contributed by atoms with Crippen LogP contribution in [-0.2, 0) is 6.54 Å². The minimum Gasteiger partial charge on any atom is -0.299 e. The summed E-state index contributed by atoms with van der Waals surface area (Å²) >= 11 is 0. The summed E-state index contributed by atoms with van der Waals surface area (Å²) in [5.74, 6) is -1.10. The van der Waals surface area contributed by atoms with Gasteiger partial charge < -0.3 is 0 Å². The summed E-state index contributed by atoms with van der Waals surface area (Å²) in [7, 11) is 0. The molecule has 0 N–H and O–H groups in total. The van der Waals surface area contributed by atoms with Crippen LogP contribution >= 0.6 is 0 Å². The summed E-state index contributed by atoms with van der Waals surface area (Å²) in [6.45, 7) is 3.86. The molecule has 2 rings (SSSR count). The predicted octanol–water partition coefficient (Wildman–Crippen LogP) is 3.77. The van der Waals surface area contributed by atoms with E-state index in [4.69, 9.17) is 0 Å². The van der Waals surface area contributed by atoms with E-state index >= 15 is 0 Å². The molecule has 0 aliphatic carbocycles. The standard InChI is InChI=1S/C14H18F3N/c1-11-2-4-12(5-3-11)10-18-8-6-13(7-9-18)14(15,16)17/h2-5,13H,6-10H2,1H3. The van der Waals surface area contributed by atoms with Crippen molar-refractivity contribution in [2.24, 2.45) is 5.92 Å². The van der Waals surface area contributed by atoms with Gasteiger partial charge in [0, 0.05) is 6.54 Å². The van der Waals surface area contributed by atoms with Gasteiger partial charge in [-0.3, -0.25) is 4.90 Å². The van der Waals surface area contributed by atoms with E-state index in [2.05, 4.69) is 4.90 Å². The van der Waals surface area contributed by atoms with Gasteiger partial charge in [-0.15, -0.1) is 0 Å². The van der Waals surface area contributed by atoms with Gasteiger partial charge in [0.15, 0.2) is 0 Å². The molecule has 0 aromatic heterocycles. The van der Waals surface area contributed by atoms with E-state index in [9.17, 15) is 13.2 Å². The van der Waals surface area contributed by atoms with Crippen molar-refractivity contribution in [3.05, 3.63) is 35.4 Å². The van der Waals surface area contributed by atoms with Crippen LogP contribution in [0.2, 0.25) is 0 Å². The van der Waals surface area contributed by atoms with E-state index in [1.165, 1.54) is 11.1 Å². The first-order valence-electron chi connectivity index (χ1n) is 6.30. The number of hydrogen-bond donors (Lipinski definition) is 0. The molecule has 1 heterocycles. The molecule has 100 valence electrons. The number of aryl methyl sites for hydroxylation is 1. The lowest BCUT2D eigenvalue weighted by Gasteiger charge is -2.32. The molecule has 0 spiro atoms. The van der Waals surface area contributed by atoms with Crippen LogP contribution in [0.25, 0.3) is 0 Å². The number of likely N-dealkylation sites (tertiary alicyclic amines) is 1. The Morgan fingerprint density at radius 2 is 1.67 bits per heavy atom. The Bertz CT molecular complexity index is 375. The van der Waals surface area contributed by atoms with Gasteiger partial charge in [0.1, 0.15) is 0 Å². The second-order valence-corrected chi connectivity index (χ2v) is 5.08. The van der Waals surface area contributed by atoms with Crippen molar-refractivity contribution in [1.82, 2.24) is 4.90 Å². The zero-order chi connectivity index (χ0) is 13.2. The third-order valence-corrected chi connectivity index (χ3v) is 3.58. The first kappa shape index (κ1) is 13.4. The first-order chi connectivity index (χ1) is 8.45. The van der Waals surface area contributed by atoms with Crippen LogP contribution in [0.15, 0.2) is 24.3 Å². The number of hydrogen-bond acceptors (Lipinski definition) is 1. The number of benzene rings is 1. The maximum Gasteiger partial charge on any atom is 0.391 e. The monoisotopic (exact) mass is 257 g/mol. The van der Waals surface area contributed by atoms with Gasteiger partial charge in [-0.1, -0.05) is 29.8 Å². The summed E-state index contributed by atoms with van der Waals surface area (Å²) in [6.07, 6.45) is -3.55. The highest BCUT2D eigenvalue weighted by Crippen LogP contribution is 2.34. The van der Waals surface area contributed by atoms with Crippen LogP contribution in [0.4, 0.5) is 13.2 Å². The van der Waals surface area contributed by atoms with E-state index < -0.39 is 12.1 Å². The van der Waals surface area contributed by atoms with Crippen LogP contribution in [0.5, 0.6) is 0 Å². The van der Waals surface area contributed by atoms with Crippen molar-refractivity contribution in [2.45, 2.75) is 32.5 Å². The fourth-order valence-corrected chi connectivity index (χ4v) is 2.37. The molecular weight excluding hydrogens is 239 g/mol. The Balaban J connectivity index is 1.85. The lowest BCUT2D eigenvalue weighted by Crippen LogP contribution is -2.38. The van der Waals surface area contributed by atoms with Gasteiger partial charge in [0.2, 0.25) is 0 Å². The van der Waals surface area contributed by atoms with Crippen LogP contribution < -0.4 is 0 Å². The smallest absolute Gasteiger partial charge is 0.299 e. The largest absolute Gasteiger partial charge is 0.391 e. The zero-order valence-corrected chi connectivity index (χ0v) is 10.5. The fraction of sp³-hybridized carbons (Fsp3) is 0.571. The Morgan fingerprint density at radius 3 is 2.17 bits per heavy atom. The van der Waals surface area contributed by atoms with Crippen LogP contribution in [0, 0.1) is 12.8 Å². The molecular formula is C14H18F3N. The third-order valence-electron chi connectivity index (χ3n) is 3.58. The van der Waals surface area contributed by atoms with E-state index in [1.807, 2.05) is 31.2 Å². The first-order valence-corrected chi connectivity index (χ1v) is 6.30. The molecule has 1 aliphatic heterocycles. The van der Waals surface area contributed by atoms with Gasteiger partial charge >= 0.3 is 6.18 Å². The maximum atomic E-state index is 12.5. The summed E-state index contributed by atoms with van der Waals surface area (Å²) in [5.41, 5.74) is 2.38. The Morgan fingerprint density at radius 1 is 1.11 bits per heavy atom. The highest BCUT2D eigenvalue weighted by molar-refractivity contribution is 5.21. The lowest BCUT2D eigenvalue weighted by molar-refractivity contribution is -0.185. The van der Waals surface area contributed by atoms with Gasteiger partial charge in [0.05, 0.1) is 5.92 Å². The molecule has 1 aromatic rings. The average Bonchev–Trinajstić information content (AvgIpc) is 2.32. The molecule has 1 nitrogen and oxygen atoms in total. The van der Waals surface area contributed by atoms with Gasteiger partial charge in [-0.2, -0.15) is 13.2 Å². The minimum atomic E-state index is -4.02. The van der Waals surface area contributed by atoms with Gasteiger partial charge in [-0.25, -0.2) is 0 Å². The summed E-state index contributed by atoms with van der Waals surface area (Å²) < 4.78 is 37.6. The number of rotatable bonds is 2. The highest BCUT2D eigenvalue weighted by Gasteiger charge is 2.40. The van der Waals surface area contributed by atoms with Gasteiger partial charge in [-0.05, 0) is 38.4 Å². The molecule has 1 aromatic carbocycles. The molecule has 0 atom stereocenters. The topological polar surface area (TPSA) is 3.24 Å². The second kappa shape index (κ2) is 5.31. The quantitative estimate of drug-likeness (QED) is 0.779. The molecule has 0 saturated carbocycles. The molecule has 0 bridgehead atoms. The number of alkyl halides is 3. The Kier molecular flexibility index (Phi) is 3.95. The van der Waals surface area contributed by atoms with E-state index in [0.29, 0.717) is 13.1 Å². The molecule has 1 aliphatic rings. The maximum absolute atomic E-state index is 12.5. The molecule has 0 radical (unpaired) electrons. The summed E-state index contributed by atoms with van der Waals surface area (Å²) in [5, 5.41) is 0. The van der Waals surface area contributed by atoms with Crippen molar-refractivity contribution in [3.8, 4) is 0 Å². The van der Waals surface area contributed by atoms with Gasteiger partial charge in [0.25, 0.3) is 0 Å².